The van der Waals surface area contributed by atoms with Crippen molar-refractivity contribution in [3.05, 3.63) is 0 Å². The van der Waals surface area contributed by atoms with Gasteiger partial charge in [0.1, 0.15) is 0 Å². The van der Waals surface area contributed by atoms with Crippen LogP contribution in [0, 0.1) is 5.92 Å². The number of carboxylic acids is 1. The number of rotatable bonds is 3. The zero-order valence-electron chi connectivity index (χ0n) is 8.49. The van der Waals surface area contributed by atoms with Crippen LogP contribution in [0.2, 0.25) is 0 Å². The van der Waals surface area contributed by atoms with Gasteiger partial charge in [0.05, 0.1) is 11.5 Å². The molecular formula is C9H16N2O3. The number of carbonyl (C=O) groups excluding carboxylic acids is 1. The van der Waals surface area contributed by atoms with Gasteiger partial charge in [-0.25, -0.2) is 0 Å². The van der Waals surface area contributed by atoms with Crippen molar-refractivity contribution in [1.29, 1.82) is 0 Å². The molecular weight excluding hydrogens is 184 g/mol. The molecule has 0 saturated carbocycles. The van der Waals surface area contributed by atoms with Crippen LogP contribution in [-0.2, 0) is 9.59 Å². The van der Waals surface area contributed by atoms with Crippen molar-refractivity contribution in [2.24, 2.45) is 11.7 Å². The van der Waals surface area contributed by atoms with Gasteiger partial charge in [0.15, 0.2) is 0 Å². The third kappa shape index (κ3) is 1.87. The van der Waals surface area contributed by atoms with Crippen molar-refractivity contribution in [2.45, 2.75) is 25.8 Å². The summed E-state index contributed by atoms with van der Waals surface area (Å²) in [6, 6.07) is 0. The number of hydrogen-bond donors (Lipinski definition) is 2. The highest BCUT2D eigenvalue weighted by Gasteiger charge is 2.40. The summed E-state index contributed by atoms with van der Waals surface area (Å²) in [5.41, 5.74) is 4.90. The lowest BCUT2D eigenvalue weighted by molar-refractivity contribution is -0.155. The smallest absolute Gasteiger partial charge is 0.310 e. The highest BCUT2D eigenvalue weighted by Crippen LogP contribution is 2.20. The van der Waals surface area contributed by atoms with Crippen LogP contribution in [0.15, 0.2) is 0 Å². The van der Waals surface area contributed by atoms with Crippen LogP contribution in [0.1, 0.15) is 20.3 Å². The van der Waals surface area contributed by atoms with Crippen molar-refractivity contribution < 1.29 is 14.7 Å². The molecule has 0 aliphatic carbocycles. The van der Waals surface area contributed by atoms with Crippen LogP contribution in [0.5, 0.6) is 0 Å². The van der Waals surface area contributed by atoms with Gasteiger partial charge in [-0.3, -0.25) is 9.59 Å². The summed E-state index contributed by atoms with van der Waals surface area (Å²) in [4.78, 5) is 23.7. The van der Waals surface area contributed by atoms with E-state index in [1.807, 2.05) is 6.92 Å². The van der Waals surface area contributed by atoms with E-state index in [0.717, 1.165) is 0 Å². The van der Waals surface area contributed by atoms with Gasteiger partial charge in [0.2, 0.25) is 5.91 Å². The lowest BCUT2D eigenvalue weighted by atomic mass is 9.93. The Morgan fingerprint density at radius 1 is 1.57 bits per heavy atom. The first kappa shape index (κ1) is 11.0. The summed E-state index contributed by atoms with van der Waals surface area (Å²) in [7, 11) is 0. The molecule has 5 nitrogen and oxygen atoms in total. The summed E-state index contributed by atoms with van der Waals surface area (Å²) in [6.45, 7) is 4.09. The number of carboxylic acid groups (broad SMARTS) is 1. The van der Waals surface area contributed by atoms with E-state index in [1.165, 1.54) is 4.90 Å². The van der Waals surface area contributed by atoms with Gasteiger partial charge in [-0.1, -0.05) is 6.92 Å². The summed E-state index contributed by atoms with van der Waals surface area (Å²) in [6.07, 6.45) is 0.556. The van der Waals surface area contributed by atoms with Gasteiger partial charge in [0.25, 0.3) is 0 Å². The molecule has 0 aromatic rings. The number of nitrogens with zero attached hydrogens (tertiary/aromatic N) is 1. The first-order valence-corrected chi connectivity index (χ1v) is 4.69. The molecule has 1 atom stereocenters. The Morgan fingerprint density at radius 2 is 2.07 bits per heavy atom. The second-order valence-electron chi connectivity index (χ2n) is 4.02. The maximum Gasteiger partial charge on any atom is 0.310 e. The standard InChI is InChI=1S/C9H16N2O3/c1-3-9(2,10)8(14)11-4-6(5-11)7(12)13/h6H,3-5,10H2,1-2H3,(H,12,13). The molecule has 5 heteroatoms. The molecule has 0 bridgehead atoms. The minimum atomic E-state index is -0.858. The van der Waals surface area contributed by atoms with Crippen molar-refractivity contribution in [2.75, 3.05) is 13.1 Å². The van der Waals surface area contributed by atoms with E-state index in [2.05, 4.69) is 0 Å². The second-order valence-corrected chi connectivity index (χ2v) is 4.02. The van der Waals surface area contributed by atoms with E-state index in [4.69, 9.17) is 10.8 Å². The Morgan fingerprint density at radius 3 is 2.43 bits per heavy atom. The van der Waals surface area contributed by atoms with Crippen LogP contribution in [0.25, 0.3) is 0 Å². The molecule has 3 N–H and O–H groups in total. The van der Waals surface area contributed by atoms with E-state index >= 15 is 0 Å². The normalized spacial score (nSPS) is 21.2. The molecule has 1 heterocycles. The van der Waals surface area contributed by atoms with Gasteiger partial charge in [-0.15, -0.1) is 0 Å². The largest absolute Gasteiger partial charge is 0.481 e. The maximum atomic E-state index is 11.7. The lowest BCUT2D eigenvalue weighted by Crippen LogP contribution is -2.61. The number of carbonyl (C=O) groups is 2. The molecule has 0 radical (unpaired) electrons. The second kappa shape index (κ2) is 3.57. The quantitative estimate of drug-likeness (QED) is 0.652. The fraction of sp³-hybridized carbons (Fsp3) is 0.778. The molecule has 0 spiro atoms. The number of hydrogen-bond acceptors (Lipinski definition) is 3. The molecule has 1 rings (SSSR count). The highest BCUT2D eigenvalue weighted by atomic mass is 16.4. The molecule has 1 unspecified atom stereocenters. The molecule has 1 aliphatic heterocycles. The van der Waals surface area contributed by atoms with Gasteiger partial charge < -0.3 is 15.7 Å². The topological polar surface area (TPSA) is 83.6 Å². The first-order chi connectivity index (χ1) is 6.38. The third-order valence-corrected chi connectivity index (χ3v) is 2.74. The molecule has 14 heavy (non-hydrogen) atoms. The molecule has 1 aliphatic rings. The average Bonchev–Trinajstić information content (AvgIpc) is 2.00. The summed E-state index contributed by atoms with van der Waals surface area (Å²) in [5.74, 6) is -1.41. The summed E-state index contributed by atoms with van der Waals surface area (Å²) >= 11 is 0. The average molecular weight is 200 g/mol. The van der Waals surface area contributed by atoms with Gasteiger partial charge >= 0.3 is 5.97 Å². The third-order valence-electron chi connectivity index (χ3n) is 2.74. The minimum absolute atomic E-state index is 0.155. The zero-order chi connectivity index (χ0) is 10.9. The van der Waals surface area contributed by atoms with Crippen molar-refractivity contribution in [3.63, 3.8) is 0 Å². The Bertz CT molecular complexity index is 257. The summed E-state index contributed by atoms with van der Waals surface area (Å²) < 4.78 is 0. The minimum Gasteiger partial charge on any atom is -0.481 e. The number of likely N-dealkylation sites (tertiary alicyclic amines) is 1. The number of aliphatic carboxylic acids is 1. The molecule has 0 aromatic heterocycles. The number of nitrogens with two attached hydrogens (primary N) is 1. The predicted octanol–water partition coefficient (Wildman–Crippen LogP) is -0.343. The van der Waals surface area contributed by atoms with Crippen molar-refractivity contribution in [3.8, 4) is 0 Å². The van der Waals surface area contributed by atoms with E-state index in [-0.39, 0.29) is 5.91 Å². The Labute approximate surface area is 82.9 Å². The molecule has 1 fully saturated rings. The number of amides is 1. The first-order valence-electron chi connectivity index (χ1n) is 4.69. The maximum absolute atomic E-state index is 11.7. The van der Waals surface area contributed by atoms with E-state index in [0.29, 0.717) is 19.5 Å². The van der Waals surface area contributed by atoms with E-state index < -0.39 is 17.4 Å². The van der Waals surface area contributed by atoms with Gasteiger partial charge in [-0.05, 0) is 13.3 Å². The van der Waals surface area contributed by atoms with E-state index in [9.17, 15) is 9.59 Å². The van der Waals surface area contributed by atoms with Crippen molar-refractivity contribution >= 4 is 11.9 Å². The molecule has 1 saturated heterocycles. The van der Waals surface area contributed by atoms with Crippen LogP contribution in [-0.4, -0.2) is 40.5 Å². The summed E-state index contributed by atoms with van der Waals surface area (Å²) in [5, 5.41) is 8.62. The Balaban J connectivity index is 2.48. The molecule has 0 aromatic carbocycles. The van der Waals surface area contributed by atoms with Crippen LogP contribution in [0.4, 0.5) is 0 Å². The van der Waals surface area contributed by atoms with Crippen LogP contribution < -0.4 is 5.73 Å². The Hall–Kier alpha value is -1.10. The Kier molecular flexibility index (Phi) is 2.80. The molecule has 80 valence electrons. The lowest BCUT2D eigenvalue weighted by Gasteiger charge is -2.40. The monoisotopic (exact) mass is 200 g/mol. The fourth-order valence-corrected chi connectivity index (χ4v) is 1.31. The van der Waals surface area contributed by atoms with Gasteiger partial charge in [-0.2, -0.15) is 0 Å². The van der Waals surface area contributed by atoms with Crippen LogP contribution >= 0.6 is 0 Å². The predicted molar refractivity (Wildman–Crippen MR) is 50.6 cm³/mol. The van der Waals surface area contributed by atoms with Crippen molar-refractivity contribution in [1.82, 2.24) is 4.90 Å². The SMILES string of the molecule is CCC(C)(N)C(=O)N1CC(C(=O)O)C1. The van der Waals surface area contributed by atoms with Gasteiger partial charge in [0, 0.05) is 13.1 Å². The van der Waals surface area contributed by atoms with Crippen LogP contribution in [0.3, 0.4) is 0 Å². The zero-order valence-corrected chi connectivity index (χ0v) is 8.49. The highest BCUT2D eigenvalue weighted by molar-refractivity contribution is 5.88. The molecule has 1 amide bonds. The van der Waals surface area contributed by atoms with E-state index in [1.54, 1.807) is 6.92 Å². The fourth-order valence-electron chi connectivity index (χ4n) is 1.31.